The van der Waals surface area contributed by atoms with Crippen molar-refractivity contribution < 1.29 is 0 Å². The molecule has 0 spiro atoms. The molecule has 0 bridgehead atoms. The lowest BCUT2D eigenvalue weighted by atomic mass is 10.3. The maximum absolute atomic E-state index is 4.37. The second-order valence-corrected chi connectivity index (χ2v) is 6.51. The summed E-state index contributed by atoms with van der Waals surface area (Å²) < 4.78 is 5.04. The van der Waals surface area contributed by atoms with Crippen LogP contribution in [-0.4, -0.2) is 9.78 Å². The van der Waals surface area contributed by atoms with Gasteiger partial charge in [0, 0.05) is 21.7 Å². The predicted octanol–water partition coefficient (Wildman–Crippen LogP) is 4.63. The molecule has 2 aromatic rings. The summed E-state index contributed by atoms with van der Waals surface area (Å²) in [6, 6.07) is 6.05. The van der Waals surface area contributed by atoms with Crippen LogP contribution in [-0.2, 0) is 13.6 Å². The van der Waals surface area contributed by atoms with Crippen molar-refractivity contribution in [2.24, 2.45) is 7.05 Å². The molecule has 3 nitrogen and oxygen atoms in total. The van der Waals surface area contributed by atoms with Crippen LogP contribution in [0.15, 0.2) is 31.6 Å². The van der Waals surface area contributed by atoms with Gasteiger partial charge in [-0.1, -0.05) is 15.9 Å². The standard InChI is InChI=1S/C12H12Br3N3/c1-7-12(15)11(18(2)17-7)6-16-10-5-8(13)3-4-9(10)14/h3-5,16H,6H2,1-2H3. The molecule has 0 atom stereocenters. The Balaban J connectivity index is 2.19. The van der Waals surface area contributed by atoms with E-state index in [-0.39, 0.29) is 0 Å². The van der Waals surface area contributed by atoms with Gasteiger partial charge in [-0.2, -0.15) is 5.10 Å². The van der Waals surface area contributed by atoms with Gasteiger partial charge in [0.2, 0.25) is 0 Å². The van der Waals surface area contributed by atoms with Gasteiger partial charge in [-0.25, -0.2) is 0 Å². The minimum Gasteiger partial charge on any atom is -0.378 e. The molecule has 1 aromatic heterocycles. The minimum absolute atomic E-state index is 0.715. The molecule has 6 heteroatoms. The van der Waals surface area contributed by atoms with E-state index in [0.717, 1.165) is 30.5 Å². The molecule has 1 heterocycles. The topological polar surface area (TPSA) is 29.9 Å². The number of aromatic nitrogens is 2. The average molecular weight is 438 g/mol. The number of halogens is 3. The van der Waals surface area contributed by atoms with E-state index in [4.69, 9.17) is 0 Å². The van der Waals surface area contributed by atoms with Crippen molar-refractivity contribution >= 4 is 53.5 Å². The first-order chi connectivity index (χ1) is 8.49. The van der Waals surface area contributed by atoms with Crippen LogP contribution in [0.25, 0.3) is 0 Å². The van der Waals surface area contributed by atoms with E-state index in [1.165, 1.54) is 0 Å². The summed E-state index contributed by atoms with van der Waals surface area (Å²) in [5.41, 5.74) is 3.18. The third kappa shape index (κ3) is 2.97. The monoisotopic (exact) mass is 435 g/mol. The minimum atomic E-state index is 0.715. The number of nitrogens with one attached hydrogen (secondary N) is 1. The van der Waals surface area contributed by atoms with E-state index in [9.17, 15) is 0 Å². The van der Waals surface area contributed by atoms with E-state index >= 15 is 0 Å². The normalized spacial score (nSPS) is 10.7. The van der Waals surface area contributed by atoms with Crippen LogP contribution < -0.4 is 5.32 Å². The molecule has 0 aliphatic carbocycles. The van der Waals surface area contributed by atoms with Crippen molar-refractivity contribution in [1.82, 2.24) is 9.78 Å². The van der Waals surface area contributed by atoms with Crippen molar-refractivity contribution in [2.45, 2.75) is 13.5 Å². The number of benzene rings is 1. The molecule has 0 saturated carbocycles. The lowest BCUT2D eigenvalue weighted by Gasteiger charge is -2.09. The highest BCUT2D eigenvalue weighted by Gasteiger charge is 2.10. The highest BCUT2D eigenvalue weighted by atomic mass is 79.9. The van der Waals surface area contributed by atoms with Crippen LogP contribution in [0.4, 0.5) is 5.69 Å². The van der Waals surface area contributed by atoms with Crippen molar-refractivity contribution in [3.05, 3.63) is 43.0 Å². The van der Waals surface area contributed by atoms with Crippen molar-refractivity contribution in [3.63, 3.8) is 0 Å². The number of anilines is 1. The first kappa shape index (κ1) is 14.1. The summed E-state index contributed by atoms with van der Waals surface area (Å²) >= 11 is 10.6. The summed E-state index contributed by atoms with van der Waals surface area (Å²) in [5.74, 6) is 0. The molecule has 2 rings (SSSR count). The summed E-state index contributed by atoms with van der Waals surface area (Å²) in [7, 11) is 1.95. The number of nitrogens with zero attached hydrogens (tertiary/aromatic N) is 2. The fourth-order valence-corrected chi connectivity index (χ4v) is 2.91. The molecular weight excluding hydrogens is 426 g/mol. The smallest absolute Gasteiger partial charge is 0.0739 e. The highest BCUT2D eigenvalue weighted by Crippen LogP contribution is 2.27. The quantitative estimate of drug-likeness (QED) is 0.758. The van der Waals surface area contributed by atoms with Crippen LogP contribution in [0.2, 0.25) is 0 Å². The second-order valence-electron chi connectivity index (χ2n) is 3.95. The van der Waals surface area contributed by atoms with Gasteiger partial charge in [0.1, 0.15) is 0 Å². The third-order valence-electron chi connectivity index (χ3n) is 2.64. The Kier molecular flexibility index (Phi) is 4.50. The molecule has 0 aliphatic rings. The second kappa shape index (κ2) is 5.75. The zero-order valence-corrected chi connectivity index (χ0v) is 14.7. The average Bonchev–Trinajstić information content (AvgIpc) is 2.55. The zero-order valence-electron chi connectivity index (χ0n) is 9.97. The van der Waals surface area contributed by atoms with Gasteiger partial charge in [-0.05, 0) is 57.0 Å². The molecule has 0 unspecified atom stereocenters. The first-order valence-electron chi connectivity index (χ1n) is 5.36. The summed E-state index contributed by atoms with van der Waals surface area (Å²) in [6.07, 6.45) is 0. The van der Waals surface area contributed by atoms with Crippen LogP contribution in [0, 0.1) is 6.92 Å². The summed E-state index contributed by atoms with van der Waals surface area (Å²) in [6.45, 7) is 2.70. The lowest BCUT2D eigenvalue weighted by Crippen LogP contribution is -2.06. The Bertz CT molecular complexity index is 578. The number of hydrogen-bond acceptors (Lipinski definition) is 2. The van der Waals surface area contributed by atoms with E-state index in [1.807, 2.05) is 36.9 Å². The summed E-state index contributed by atoms with van der Waals surface area (Å²) in [5, 5.41) is 7.77. The van der Waals surface area contributed by atoms with Crippen LogP contribution in [0.5, 0.6) is 0 Å². The molecule has 96 valence electrons. The largest absolute Gasteiger partial charge is 0.378 e. The summed E-state index contributed by atoms with van der Waals surface area (Å²) in [4.78, 5) is 0. The van der Waals surface area contributed by atoms with Gasteiger partial charge in [0.05, 0.1) is 22.4 Å². The number of rotatable bonds is 3. The molecule has 0 aliphatic heterocycles. The van der Waals surface area contributed by atoms with Gasteiger partial charge >= 0.3 is 0 Å². The number of hydrogen-bond donors (Lipinski definition) is 1. The molecule has 0 amide bonds. The molecule has 0 fully saturated rings. The zero-order chi connectivity index (χ0) is 13.3. The van der Waals surface area contributed by atoms with Gasteiger partial charge in [0.15, 0.2) is 0 Å². The highest BCUT2D eigenvalue weighted by molar-refractivity contribution is 9.11. The maximum Gasteiger partial charge on any atom is 0.0739 e. The third-order valence-corrected chi connectivity index (χ3v) is 4.85. The molecule has 0 radical (unpaired) electrons. The maximum atomic E-state index is 4.37. The van der Waals surface area contributed by atoms with Crippen LogP contribution in [0.1, 0.15) is 11.4 Å². The Labute approximate surface area is 131 Å². The molecule has 18 heavy (non-hydrogen) atoms. The Hall–Kier alpha value is -0.330. The van der Waals surface area contributed by atoms with E-state index in [2.05, 4.69) is 58.2 Å². The SMILES string of the molecule is Cc1nn(C)c(CNc2cc(Br)ccc2Br)c1Br. The molecule has 1 N–H and O–H groups in total. The Morgan fingerprint density at radius 2 is 2.00 bits per heavy atom. The predicted molar refractivity (Wildman–Crippen MR) is 84.8 cm³/mol. The lowest BCUT2D eigenvalue weighted by molar-refractivity contribution is 0.712. The Morgan fingerprint density at radius 1 is 1.28 bits per heavy atom. The van der Waals surface area contributed by atoms with Gasteiger partial charge < -0.3 is 5.32 Å². The fourth-order valence-electron chi connectivity index (χ4n) is 1.68. The molecule has 0 saturated heterocycles. The van der Waals surface area contributed by atoms with Crippen molar-refractivity contribution in [2.75, 3.05) is 5.32 Å². The Morgan fingerprint density at radius 3 is 2.61 bits per heavy atom. The van der Waals surface area contributed by atoms with Gasteiger partial charge in [0.25, 0.3) is 0 Å². The van der Waals surface area contributed by atoms with Crippen LogP contribution in [0.3, 0.4) is 0 Å². The first-order valence-corrected chi connectivity index (χ1v) is 7.74. The van der Waals surface area contributed by atoms with E-state index < -0.39 is 0 Å². The van der Waals surface area contributed by atoms with Crippen LogP contribution >= 0.6 is 47.8 Å². The fraction of sp³-hybridized carbons (Fsp3) is 0.250. The van der Waals surface area contributed by atoms with E-state index in [1.54, 1.807) is 0 Å². The molecular formula is C12H12Br3N3. The van der Waals surface area contributed by atoms with E-state index in [0.29, 0.717) is 6.54 Å². The van der Waals surface area contributed by atoms with Gasteiger partial charge in [-0.15, -0.1) is 0 Å². The van der Waals surface area contributed by atoms with Gasteiger partial charge in [-0.3, -0.25) is 4.68 Å². The molecule has 1 aromatic carbocycles. The van der Waals surface area contributed by atoms with Crippen molar-refractivity contribution in [1.29, 1.82) is 0 Å². The van der Waals surface area contributed by atoms with Crippen molar-refractivity contribution in [3.8, 4) is 0 Å². The number of aryl methyl sites for hydroxylation is 2.